The fourth-order valence-electron chi connectivity index (χ4n) is 8.13. The molecule has 4 rings (SSSR count). The molecule has 0 amide bonds. The lowest BCUT2D eigenvalue weighted by molar-refractivity contribution is -0.298. The third kappa shape index (κ3) is 8.33. The van der Waals surface area contributed by atoms with Crippen LogP contribution in [0, 0.1) is 23.7 Å². The summed E-state index contributed by atoms with van der Waals surface area (Å²) in [5.74, 6) is -1.78. The smallest absolute Gasteiger partial charge is 0.316 e. The summed E-state index contributed by atoms with van der Waals surface area (Å²) >= 11 is 0. The number of ketones is 1. The fraction of sp³-hybridized carbons (Fsp3) is 0.943. The molecule has 2 unspecified atom stereocenters. The number of hydrogen-bond acceptors (Lipinski definition) is 11. The first-order valence-electron chi connectivity index (χ1n) is 17.7. The van der Waals surface area contributed by atoms with Crippen molar-refractivity contribution in [3.63, 3.8) is 0 Å². The molecular formula is C35H63N3O8. The Morgan fingerprint density at radius 3 is 2.37 bits per heavy atom. The van der Waals surface area contributed by atoms with Crippen LogP contribution < -0.4 is 10.6 Å². The molecule has 0 spiro atoms. The summed E-state index contributed by atoms with van der Waals surface area (Å²) in [6.07, 6.45) is 3.08. The first-order chi connectivity index (χ1) is 21.6. The van der Waals surface area contributed by atoms with E-state index in [-0.39, 0.29) is 35.9 Å². The molecule has 11 heteroatoms. The molecule has 11 nitrogen and oxygen atoms in total. The number of rotatable bonds is 8. The van der Waals surface area contributed by atoms with Gasteiger partial charge in [0.15, 0.2) is 12.1 Å². The Morgan fingerprint density at radius 2 is 1.76 bits per heavy atom. The summed E-state index contributed by atoms with van der Waals surface area (Å²) < 4.78 is 31.8. The van der Waals surface area contributed by atoms with Crippen LogP contribution in [0.4, 0.5) is 0 Å². The van der Waals surface area contributed by atoms with Crippen molar-refractivity contribution in [2.75, 3.05) is 34.5 Å². The monoisotopic (exact) mass is 653 g/mol. The largest absolute Gasteiger partial charge is 0.459 e. The lowest BCUT2D eigenvalue weighted by Gasteiger charge is -2.47. The molecule has 3 N–H and O–H groups in total. The Kier molecular flexibility index (Phi) is 12.7. The van der Waals surface area contributed by atoms with Gasteiger partial charge in [0.1, 0.15) is 23.7 Å². The summed E-state index contributed by atoms with van der Waals surface area (Å²) in [5.41, 5.74) is -1.70. The Morgan fingerprint density at radius 1 is 1.07 bits per heavy atom. The predicted octanol–water partition coefficient (Wildman–Crippen LogP) is 3.26. The number of carbonyl (C=O) groups excluding carboxylic acids is 2. The van der Waals surface area contributed by atoms with Crippen LogP contribution in [0.2, 0.25) is 0 Å². The van der Waals surface area contributed by atoms with Crippen molar-refractivity contribution in [1.82, 2.24) is 15.5 Å². The van der Waals surface area contributed by atoms with Gasteiger partial charge in [0, 0.05) is 25.1 Å². The molecule has 0 radical (unpaired) electrons. The normalized spacial score (nSPS) is 45.2. The minimum atomic E-state index is -1.04. The predicted molar refractivity (Wildman–Crippen MR) is 175 cm³/mol. The Hall–Kier alpha value is -1.18. The van der Waals surface area contributed by atoms with Gasteiger partial charge in [0.05, 0.1) is 30.6 Å². The maximum Gasteiger partial charge on any atom is 0.316 e. The van der Waals surface area contributed by atoms with Crippen molar-refractivity contribution in [2.45, 2.75) is 153 Å². The van der Waals surface area contributed by atoms with E-state index in [1.807, 2.05) is 39.8 Å². The van der Waals surface area contributed by atoms with Crippen molar-refractivity contribution < 1.29 is 38.4 Å². The number of likely N-dealkylation sites (N-methyl/N-ethyl adjacent to an activating group) is 1. The summed E-state index contributed by atoms with van der Waals surface area (Å²) in [6, 6.07) is -0.265. The molecule has 0 aromatic carbocycles. The van der Waals surface area contributed by atoms with Crippen molar-refractivity contribution in [3.05, 3.63) is 0 Å². The molecule has 4 aliphatic rings. The van der Waals surface area contributed by atoms with Gasteiger partial charge < -0.3 is 39.0 Å². The van der Waals surface area contributed by atoms with Gasteiger partial charge in [-0.15, -0.1) is 0 Å². The molecule has 3 heterocycles. The maximum atomic E-state index is 14.2. The van der Waals surface area contributed by atoms with Gasteiger partial charge in [-0.05, 0) is 92.3 Å². The van der Waals surface area contributed by atoms with Gasteiger partial charge in [-0.3, -0.25) is 14.9 Å². The zero-order valence-corrected chi connectivity index (χ0v) is 30.0. The van der Waals surface area contributed by atoms with E-state index in [0.29, 0.717) is 32.5 Å². The highest BCUT2D eigenvalue weighted by atomic mass is 16.7. The average Bonchev–Trinajstić information content (AvgIpc) is 3.77. The Bertz CT molecular complexity index is 1030. The number of carbonyl (C=O) groups is 2. The second-order valence-corrected chi connectivity index (χ2v) is 15.4. The first-order valence-corrected chi connectivity index (χ1v) is 17.7. The number of cyclic esters (lactones) is 1. The molecule has 46 heavy (non-hydrogen) atoms. The fourth-order valence-corrected chi connectivity index (χ4v) is 8.13. The molecule has 4 fully saturated rings. The van der Waals surface area contributed by atoms with Crippen LogP contribution in [0.3, 0.4) is 0 Å². The third-order valence-corrected chi connectivity index (χ3v) is 11.4. The minimum absolute atomic E-state index is 0.00739. The molecule has 0 bridgehead atoms. The van der Waals surface area contributed by atoms with Crippen LogP contribution in [-0.2, 0) is 33.3 Å². The molecule has 266 valence electrons. The van der Waals surface area contributed by atoms with Crippen molar-refractivity contribution in [3.8, 4) is 0 Å². The highest BCUT2D eigenvalue weighted by Crippen LogP contribution is 2.39. The lowest BCUT2D eigenvalue weighted by atomic mass is 9.78. The zero-order valence-electron chi connectivity index (χ0n) is 30.0. The van der Waals surface area contributed by atoms with E-state index in [2.05, 4.69) is 24.5 Å². The second kappa shape index (κ2) is 15.6. The number of ether oxygens (including phenoxy) is 5. The van der Waals surface area contributed by atoms with Crippen LogP contribution in [-0.4, -0.2) is 116 Å². The Balaban J connectivity index is 1.66. The number of Topliss-reactive ketones (excluding diaryl/α,β-unsaturated/α-hetero) is 1. The number of nitrogens with one attached hydrogen (secondary N) is 2. The minimum Gasteiger partial charge on any atom is -0.459 e. The molecule has 1 aliphatic carbocycles. The van der Waals surface area contributed by atoms with Gasteiger partial charge in [-0.2, -0.15) is 0 Å². The number of aliphatic hydroxyl groups is 1. The maximum absolute atomic E-state index is 14.2. The second-order valence-electron chi connectivity index (χ2n) is 15.4. The number of aliphatic hydroxyl groups excluding tert-OH is 1. The molecular weight excluding hydrogens is 590 g/mol. The Labute approximate surface area is 277 Å². The van der Waals surface area contributed by atoms with Gasteiger partial charge in [0.25, 0.3) is 0 Å². The summed E-state index contributed by atoms with van der Waals surface area (Å²) in [4.78, 5) is 29.8. The summed E-state index contributed by atoms with van der Waals surface area (Å²) in [7, 11) is 5.56. The van der Waals surface area contributed by atoms with Crippen molar-refractivity contribution in [1.29, 1.82) is 0 Å². The highest BCUT2D eigenvalue weighted by molar-refractivity contribution is 6.00. The molecule has 1 saturated carbocycles. The van der Waals surface area contributed by atoms with E-state index >= 15 is 0 Å². The number of fused-ring (bicyclic) bond motifs is 1. The van der Waals surface area contributed by atoms with E-state index in [0.717, 1.165) is 18.8 Å². The molecule has 3 saturated heterocycles. The van der Waals surface area contributed by atoms with E-state index in [9.17, 15) is 14.7 Å². The van der Waals surface area contributed by atoms with Crippen LogP contribution in [0.25, 0.3) is 0 Å². The summed E-state index contributed by atoms with van der Waals surface area (Å²) in [6.45, 7) is 14.6. The van der Waals surface area contributed by atoms with Gasteiger partial charge >= 0.3 is 5.97 Å². The van der Waals surface area contributed by atoms with Crippen LogP contribution in [0.15, 0.2) is 0 Å². The first kappa shape index (κ1) is 37.6. The van der Waals surface area contributed by atoms with Gasteiger partial charge in [-0.25, -0.2) is 0 Å². The molecule has 3 aliphatic heterocycles. The van der Waals surface area contributed by atoms with E-state index in [1.54, 1.807) is 21.0 Å². The van der Waals surface area contributed by atoms with Gasteiger partial charge in [0.2, 0.25) is 0 Å². The van der Waals surface area contributed by atoms with Crippen LogP contribution in [0.5, 0.6) is 0 Å². The van der Waals surface area contributed by atoms with Crippen LogP contribution >= 0.6 is 0 Å². The lowest BCUT2D eigenvalue weighted by Crippen LogP contribution is -2.60. The quantitative estimate of drug-likeness (QED) is 0.264. The highest BCUT2D eigenvalue weighted by Gasteiger charge is 2.52. The standard InChI is InChI=1S/C35H63N3O8/c1-11-27-35(7)30(37-19-43-35)23(5)36-18-20(2)17-34(6,42-10)31(21(3)28(39)22(4)32(41)45-27)46-33-29(40)26(38(8)9)16-25(44-33)15-14-24-12-13-24/h20-27,29-31,33,36-37,40H,11-19H2,1-10H3/t20-,21+,22?,23-,25-,26?,27-,29-,30-,31-,33+,34-,35-/m1/s1. The average molecular weight is 654 g/mol. The van der Waals surface area contributed by atoms with Crippen molar-refractivity contribution >= 4 is 11.8 Å². The number of methoxy groups -OCH3 is 1. The molecule has 0 aromatic heterocycles. The molecule has 13 atom stereocenters. The van der Waals surface area contributed by atoms with Crippen molar-refractivity contribution in [2.24, 2.45) is 23.7 Å². The zero-order chi connectivity index (χ0) is 34.0. The van der Waals surface area contributed by atoms with E-state index in [4.69, 9.17) is 23.7 Å². The summed E-state index contributed by atoms with van der Waals surface area (Å²) in [5, 5.41) is 18.7. The number of nitrogens with zero attached hydrogens (tertiary/aromatic N) is 1. The number of esters is 1. The van der Waals surface area contributed by atoms with Gasteiger partial charge in [-0.1, -0.05) is 33.6 Å². The molecule has 0 aromatic rings. The third-order valence-electron chi connectivity index (χ3n) is 11.4. The van der Waals surface area contributed by atoms with Crippen LogP contribution in [0.1, 0.15) is 93.4 Å². The topological polar surface area (TPSA) is 128 Å². The van der Waals surface area contributed by atoms with E-state index in [1.165, 1.54) is 12.8 Å². The number of hydrogen-bond donors (Lipinski definition) is 3. The SMILES string of the molecule is CC[C@H]1OC(=O)C(C)C(=O)[C@H](C)[C@@H](O[C@@H]2O[C@H](CCC3CC3)CC(N(C)C)[C@H]2O)[C@](C)(OC)C[C@@H](C)CN[C@H](C)[C@H]2NCO[C@@]21C. The van der Waals surface area contributed by atoms with E-state index < -0.39 is 53.6 Å².